The number of hydrogen-bond donors (Lipinski definition) is 1. The van der Waals surface area contributed by atoms with Crippen LogP contribution in [-0.4, -0.2) is 8.42 Å². The van der Waals surface area contributed by atoms with Gasteiger partial charge in [-0.3, -0.25) is 0 Å². The van der Waals surface area contributed by atoms with Gasteiger partial charge in [0.2, 0.25) is 10.0 Å². The summed E-state index contributed by atoms with van der Waals surface area (Å²) in [7, 11) is -3.42. The molecule has 2 aromatic rings. The molecule has 0 aromatic heterocycles. The first-order chi connectivity index (χ1) is 10.3. The van der Waals surface area contributed by atoms with E-state index in [2.05, 4.69) is 4.72 Å². The molecule has 0 fully saturated rings. The highest BCUT2D eigenvalue weighted by molar-refractivity contribution is 7.88. The third-order valence-electron chi connectivity index (χ3n) is 3.50. The van der Waals surface area contributed by atoms with Gasteiger partial charge in [0.1, 0.15) is 0 Å². The zero-order valence-electron chi connectivity index (χ0n) is 13.3. The second-order valence-corrected chi connectivity index (χ2v) is 8.33. The van der Waals surface area contributed by atoms with Crippen molar-refractivity contribution in [2.24, 2.45) is 5.41 Å². The Labute approximate surface area is 133 Å². The highest BCUT2D eigenvalue weighted by Gasteiger charge is 2.30. The van der Waals surface area contributed by atoms with E-state index in [9.17, 15) is 8.42 Å². The third-order valence-corrected chi connectivity index (χ3v) is 4.80. The molecule has 2 rings (SSSR count). The van der Waals surface area contributed by atoms with Gasteiger partial charge in [-0.25, -0.2) is 13.1 Å². The maximum atomic E-state index is 12.5. The van der Waals surface area contributed by atoms with Gasteiger partial charge >= 0.3 is 0 Å². The Hall–Kier alpha value is -1.65. The average Bonchev–Trinajstić information content (AvgIpc) is 2.45. The van der Waals surface area contributed by atoms with Gasteiger partial charge < -0.3 is 0 Å². The summed E-state index contributed by atoms with van der Waals surface area (Å²) < 4.78 is 27.9. The van der Waals surface area contributed by atoms with Crippen molar-refractivity contribution >= 4 is 10.0 Å². The largest absolute Gasteiger partial charge is 0.216 e. The molecule has 0 aliphatic rings. The van der Waals surface area contributed by atoms with Gasteiger partial charge in [0, 0.05) is 0 Å². The SMILES string of the molecule is CC(C)(C)[C@@H](NS(=O)(=O)Cc1ccccc1)c1ccccc1. The average molecular weight is 317 g/mol. The van der Waals surface area contributed by atoms with Crippen molar-refractivity contribution in [2.45, 2.75) is 32.6 Å². The van der Waals surface area contributed by atoms with Gasteiger partial charge in [0.05, 0.1) is 11.8 Å². The lowest BCUT2D eigenvalue weighted by atomic mass is 9.83. The van der Waals surface area contributed by atoms with Crippen LogP contribution in [0.3, 0.4) is 0 Å². The second-order valence-electron chi connectivity index (χ2n) is 6.57. The molecule has 22 heavy (non-hydrogen) atoms. The van der Waals surface area contributed by atoms with Gasteiger partial charge in [-0.05, 0) is 16.5 Å². The van der Waals surface area contributed by atoms with Crippen LogP contribution in [0.1, 0.15) is 37.9 Å². The molecule has 118 valence electrons. The zero-order chi connectivity index (χ0) is 16.2. The van der Waals surface area contributed by atoms with Crippen molar-refractivity contribution in [3.8, 4) is 0 Å². The molecule has 4 heteroatoms. The smallest absolute Gasteiger partial charge is 0.212 e. The number of sulfonamides is 1. The number of hydrogen-bond acceptors (Lipinski definition) is 2. The van der Waals surface area contributed by atoms with Crippen LogP contribution in [0.15, 0.2) is 60.7 Å². The molecule has 1 atom stereocenters. The number of benzene rings is 2. The Morgan fingerprint density at radius 2 is 1.41 bits per heavy atom. The molecule has 3 nitrogen and oxygen atoms in total. The van der Waals surface area contributed by atoms with Crippen LogP contribution in [0.25, 0.3) is 0 Å². The molecule has 0 unspecified atom stereocenters. The van der Waals surface area contributed by atoms with Gasteiger partial charge in [0.15, 0.2) is 0 Å². The summed E-state index contributed by atoms with van der Waals surface area (Å²) in [6, 6.07) is 18.7. The van der Waals surface area contributed by atoms with Crippen LogP contribution in [0.5, 0.6) is 0 Å². The molecule has 0 saturated heterocycles. The van der Waals surface area contributed by atoms with Crippen molar-refractivity contribution < 1.29 is 8.42 Å². The molecule has 0 aliphatic carbocycles. The van der Waals surface area contributed by atoms with Crippen LogP contribution >= 0.6 is 0 Å². The first kappa shape index (κ1) is 16.7. The zero-order valence-corrected chi connectivity index (χ0v) is 14.1. The lowest BCUT2D eigenvalue weighted by molar-refractivity contribution is 0.304. The maximum Gasteiger partial charge on any atom is 0.216 e. The van der Waals surface area contributed by atoms with Crippen LogP contribution < -0.4 is 4.72 Å². The minimum atomic E-state index is -3.42. The number of nitrogens with one attached hydrogen (secondary N) is 1. The molecular formula is C18H23NO2S. The van der Waals surface area contributed by atoms with E-state index in [0.717, 1.165) is 11.1 Å². The fourth-order valence-corrected chi connectivity index (χ4v) is 3.97. The predicted octanol–water partition coefficient (Wildman–Crippen LogP) is 3.89. The Bertz CT molecular complexity index is 689. The fraction of sp³-hybridized carbons (Fsp3) is 0.333. The molecular weight excluding hydrogens is 294 g/mol. The summed E-state index contributed by atoms with van der Waals surface area (Å²) in [5.74, 6) is -0.00669. The van der Waals surface area contributed by atoms with E-state index >= 15 is 0 Å². The minimum Gasteiger partial charge on any atom is -0.212 e. The summed E-state index contributed by atoms with van der Waals surface area (Å²) >= 11 is 0. The van der Waals surface area contributed by atoms with Gasteiger partial charge in [-0.15, -0.1) is 0 Å². The van der Waals surface area contributed by atoms with E-state index in [-0.39, 0.29) is 17.2 Å². The molecule has 0 radical (unpaired) electrons. The Balaban J connectivity index is 2.24. The molecule has 0 spiro atoms. The highest BCUT2D eigenvalue weighted by Crippen LogP contribution is 2.33. The first-order valence-electron chi connectivity index (χ1n) is 7.37. The van der Waals surface area contributed by atoms with Crippen molar-refractivity contribution in [3.63, 3.8) is 0 Å². The molecule has 0 heterocycles. The summed E-state index contributed by atoms with van der Waals surface area (Å²) in [5.41, 5.74) is 1.55. The molecule has 0 bridgehead atoms. The summed E-state index contributed by atoms with van der Waals surface area (Å²) in [5, 5.41) is 0. The van der Waals surface area contributed by atoms with Gasteiger partial charge in [-0.2, -0.15) is 0 Å². The molecule has 2 aromatic carbocycles. The van der Waals surface area contributed by atoms with E-state index in [1.54, 1.807) is 0 Å². The van der Waals surface area contributed by atoms with Crippen molar-refractivity contribution in [2.75, 3.05) is 0 Å². The quantitative estimate of drug-likeness (QED) is 0.909. The fourth-order valence-electron chi connectivity index (χ4n) is 2.41. The lowest BCUT2D eigenvalue weighted by Crippen LogP contribution is -2.37. The molecule has 0 aliphatic heterocycles. The topological polar surface area (TPSA) is 46.2 Å². The standard InChI is InChI=1S/C18H23NO2S/c1-18(2,3)17(16-12-8-5-9-13-16)19-22(20,21)14-15-10-6-4-7-11-15/h4-13,17,19H,14H2,1-3H3/t17-/m0/s1. The Kier molecular flexibility index (Phi) is 5.04. The normalized spacial score (nSPS) is 13.8. The maximum absolute atomic E-state index is 12.5. The second kappa shape index (κ2) is 6.63. The van der Waals surface area contributed by atoms with Gasteiger partial charge in [-0.1, -0.05) is 81.4 Å². The Morgan fingerprint density at radius 1 is 0.909 bits per heavy atom. The van der Waals surface area contributed by atoms with Crippen LogP contribution in [0.4, 0.5) is 0 Å². The summed E-state index contributed by atoms with van der Waals surface area (Å²) in [6.07, 6.45) is 0. The predicted molar refractivity (Wildman–Crippen MR) is 90.8 cm³/mol. The van der Waals surface area contributed by atoms with Gasteiger partial charge in [0.25, 0.3) is 0 Å². The summed E-state index contributed by atoms with van der Waals surface area (Å²) in [4.78, 5) is 0. The molecule has 1 N–H and O–H groups in total. The van der Waals surface area contributed by atoms with Crippen molar-refractivity contribution in [1.82, 2.24) is 4.72 Å². The van der Waals surface area contributed by atoms with Crippen molar-refractivity contribution in [3.05, 3.63) is 71.8 Å². The third kappa shape index (κ3) is 4.68. The van der Waals surface area contributed by atoms with Crippen LogP contribution in [-0.2, 0) is 15.8 Å². The van der Waals surface area contributed by atoms with Crippen LogP contribution in [0.2, 0.25) is 0 Å². The van der Waals surface area contributed by atoms with E-state index in [1.165, 1.54) is 0 Å². The number of rotatable bonds is 5. The van der Waals surface area contributed by atoms with E-state index in [4.69, 9.17) is 0 Å². The summed E-state index contributed by atoms with van der Waals surface area (Å²) in [6.45, 7) is 6.11. The van der Waals surface area contributed by atoms with E-state index in [1.807, 2.05) is 81.4 Å². The first-order valence-corrected chi connectivity index (χ1v) is 9.02. The molecule has 0 amide bonds. The lowest BCUT2D eigenvalue weighted by Gasteiger charge is -2.31. The Morgan fingerprint density at radius 3 is 1.91 bits per heavy atom. The molecule has 0 saturated carbocycles. The monoisotopic (exact) mass is 317 g/mol. The van der Waals surface area contributed by atoms with Crippen molar-refractivity contribution in [1.29, 1.82) is 0 Å². The van der Waals surface area contributed by atoms with E-state index in [0.29, 0.717) is 0 Å². The highest BCUT2D eigenvalue weighted by atomic mass is 32.2. The van der Waals surface area contributed by atoms with Crippen LogP contribution in [0, 0.1) is 5.41 Å². The van der Waals surface area contributed by atoms with E-state index < -0.39 is 10.0 Å². The minimum absolute atomic E-state index is 0.00669.